The summed E-state index contributed by atoms with van der Waals surface area (Å²) in [5.74, 6) is 5.82. The van der Waals surface area contributed by atoms with Gasteiger partial charge in [-0.25, -0.2) is 4.39 Å². The molecular weight excluding hydrogens is 219 g/mol. The molecule has 0 bridgehead atoms. The van der Waals surface area contributed by atoms with Crippen molar-refractivity contribution in [1.29, 1.82) is 0 Å². The highest BCUT2D eigenvalue weighted by Crippen LogP contribution is 2.28. The van der Waals surface area contributed by atoms with E-state index in [1.54, 1.807) is 6.07 Å². The molecule has 1 rings (SSSR count). The van der Waals surface area contributed by atoms with Crippen LogP contribution in [0.25, 0.3) is 0 Å². The normalized spacial score (nSPS) is 14.4. The number of nitrogens with two attached hydrogens (primary N) is 1. The number of rotatable bonds is 6. The van der Waals surface area contributed by atoms with Crippen LogP contribution in [0.15, 0.2) is 18.2 Å². The number of hydrazine groups is 1. The number of ether oxygens (including phenoxy) is 1. The largest absolute Gasteiger partial charge is 0.494 e. The molecule has 0 aromatic heterocycles. The van der Waals surface area contributed by atoms with Gasteiger partial charge in [0.05, 0.1) is 7.11 Å². The Hall–Kier alpha value is -1.13. The predicted octanol–water partition coefficient (Wildman–Crippen LogP) is 2.77. The van der Waals surface area contributed by atoms with E-state index in [2.05, 4.69) is 19.3 Å². The van der Waals surface area contributed by atoms with Crippen LogP contribution in [0.1, 0.15) is 38.3 Å². The molecule has 4 heteroatoms. The number of halogens is 1. The molecule has 2 unspecified atom stereocenters. The van der Waals surface area contributed by atoms with Crippen LogP contribution in [0.2, 0.25) is 0 Å². The molecule has 0 spiro atoms. The first-order chi connectivity index (χ1) is 8.13. The lowest BCUT2D eigenvalue weighted by atomic mass is 9.91. The van der Waals surface area contributed by atoms with Crippen molar-refractivity contribution in [3.05, 3.63) is 29.6 Å². The molecule has 3 nitrogen and oxygen atoms in total. The van der Waals surface area contributed by atoms with Crippen LogP contribution in [-0.2, 0) is 0 Å². The third-order valence-corrected chi connectivity index (χ3v) is 3.03. The van der Waals surface area contributed by atoms with Crippen molar-refractivity contribution < 1.29 is 9.13 Å². The first kappa shape index (κ1) is 13.9. The Labute approximate surface area is 102 Å². The van der Waals surface area contributed by atoms with Gasteiger partial charge < -0.3 is 4.74 Å². The summed E-state index contributed by atoms with van der Waals surface area (Å²) in [6.07, 6.45) is 2.13. The van der Waals surface area contributed by atoms with Crippen molar-refractivity contribution >= 4 is 0 Å². The van der Waals surface area contributed by atoms with Gasteiger partial charge in [-0.2, -0.15) is 0 Å². The molecule has 0 amide bonds. The molecule has 1 aromatic rings. The average Bonchev–Trinajstić information content (AvgIpc) is 2.30. The van der Waals surface area contributed by atoms with E-state index in [9.17, 15) is 4.39 Å². The monoisotopic (exact) mass is 240 g/mol. The lowest BCUT2D eigenvalue weighted by Crippen LogP contribution is -2.32. The van der Waals surface area contributed by atoms with Gasteiger partial charge in [-0.1, -0.05) is 26.3 Å². The smallest absolute Gasteiger partial charge is 0.165 e. The maximum atomic E-state index is 13.6. The molecule has 1 aromatic carbocycles. The van der Waals surface area contributed by atoms with E-state index >= 15 is 0 Å². The van der Waals surface area contributed by atoms with Gasteiger partial charge in [0.2, 0.25) is 0 Å². The van der Waals surface area contributed by atoms with E-state index in [0.29, 0.717) is 5.92 Å². The zero-order chi connectivity index (χ0) is 12.8. The molecule has 0 aliphatic rings. The summed E-state index contributed by atoms with van der Waals surface area (Å²) >= 11 is 0. The summed E-state index contributed by atoms with van der Waals surface area (Å²) in [6, 6.07) is 4.93. The van der Waals surface area contributed by atoms with E-state index in [4.69, 9.17) is 10.6 Å². The van der Waals surface area contributed by atoms with E-state index in [1.165, 1.54) is 13.2 Å². The minimum Gasteiger partial charge on any atom is -0.494 e. The summed E-state index contributed by atoms with van der Waals surface area (Å²) < 4.78 is 18.5. The molecule has 0 aliphatic heterocycles. The van der Waals surface area contributed by atoms with Gasteiger partial charge in [-0.3, -0.25) is 11.3 Å². The third-order valence-electron chi connectivity index (χ3n) is 3.03. The Kier molecular flexibility index (Phi) is 5.38. The number of hydrogen-bond acceptors (Lipinski definition) is 3. The highest BCUT2D eigenvalue weighted by Gasteiger charge is 2.18. The molecule has 0 fully saturated rings. The van der Waals surface area contributed by atoms with Crippen LogP contribution >= 0.6 is 0 Å². The van der Waals surface area contributed by atoms with Gasteiger partial charge in [0.1, 0.15) is 0 Å². The fraction of sp³-hybridized carbons (Fsp3) is 0.538. The Bertz CT molecular complexity index is 357. The van der Waals surface area contributed by atoms with Crippen LogP contribution < -0.4 is 16.0 Å². The van der Waals surface area contributed by atoms with Crippen LogP contribution in [0, 0.1) is 11.7 Å². The van der Waals surface area contributed by atoms with Crippen LogP contribution in [0.5, 0.6) is 5.75 Å². The van der Waals surface area contributed by atoms with Crippen LogP contribution in [0.3, 0.4) is 0 Å². The second-order valence-electron chi connectivity index (χ2n) is 4.30. The number of benzene rings is 1. The van der Waals surface area contributed by atoms with E-state index in [-0.39, 0.29) is 17.6 Å². The minimum absolute atomic E-state index is 0.0321. The predicted molar refractivity (Wildman–Crippen MR) is 67.1 cm³/mol. The number of methoxy groups -OCH3 is 1. The lowest BCUT2D eigenvalue weighted by molar-refractivity contribution is 0.362. The van der Waals surface area contributed by atoms with E-state index < -0.39 is 0 Å². The third kappa shape index (κ3) is 3.41. The molecule has 0 aliphatic carbocycles. The van der Waals surface area contributed by atoms with Crippen molar-refractivity contribution in [2.45, 2.75) is 32.7 Å². The molecule has 0 radical (unpaired) electrons. The van der Waals surface area contributed by atoms with Crippen molar-refractivity contribution in [1.82, 2.24) is 5.43 Å². The number of hydrogen-bond donors (Lipinski definition) is 2. The molecule has 17 heavy (non-hydrogen) atoms. The molecule has 0 saturated carbocycles. The lowest BCUT2D eigenvalue weighted by Gasteiger charge is -2.23. The van der Waals surface area contributed by atoms with Gasteiger partial charge in [-0.15, -0.1) is 0 Å². The maximum Gasteiger partial charge on any atom is 0.165 e. The number of nitrogens with one attached hydrogen (secondary N) is 1. The van der Waals surface area contributed by atoms with E-state index in [0.717, 1.165) is 18.4 Å². The molecule has 96 valence electrons. The van der Waals surface area contributed by atoms with Gasteiger partial charge in [0, 0.05) is 6.04 Å². The highest BCUT2D eigenvalue weighted by molar-refractivity contribution is 5.31. The van der Waals surface area contributed by atoms with Crippen molar-refractivity contribution in [2.75, 3.05) is 7.11 Å². The SMILES string of the molecule is CCCC(C)C(NN)c1ccc(OC)c(F)c1. The fourth-order valence-electron chi connectivity index (χ4n) is 2.09. The van der Waals surface area contributed by atoms with Crippen LogP contribution in [-0.4, -0.2) is 7.11 Å². The standard InChI is InChI=1S/C13H21FN2O/c1-4-5-9(2)13(16-15)10-6-7-12(17-3)11(14)8-10/h6-9,13,16H,4-5,15H2,1-3H3. The summed E-state index contributed by atoms with van der Waals surface area (Å²) in [5.41, 5.74) is 3.61. The summed E-state index contributed by atoms with van der Waals surface area (Å²) in [7, 11) is 1.45. The summed E-state index contributed by atoms with van der Waals surface area (Å²) in [6.45, 7) is 4.23. The van der Waals surface area contributed by atoms with Gasteiger partial charge in [0.25, 0.3) is 0 Å². The van der Waals surface area contributed by atoms with Crippen molar-refractivity contribution in [3.8, 4) is 5.75 Å². The molecule has 3 N–H and O–H groups in total. The Morgan fingerprint density at radius 2 is 2.18 bits per heavy atom. The van der Waals surface area contributed by atoms with Crippen molar-refractivity contribution in [3.63, 3.8) is 0 Å². The minimum atomic E-state index is -0.353. The Balaban J connectivity index is 2.92. The van der Waals surface area contributed by atoms with Gasteiger partial charge in [0.15, 0.2) is 11.6 Å². The van der Waals surface area contributed by atoms with Crippen LogP contribution in [0.4, 0.5) is 4.39 Å². The van der Waals surface area contributed by atoms with Gasteiger partial charge >= 0.3 is 0 Å². The maximum absolute atomic E-state index is 13.6. The van der Waals surface area contributed by atoms with Crippen molar-refractivity contribution in [2.24, 2.45) is 11.8 Å². The van der Waals surface area contributed by atoms with E-state index in [1.807, 2.05) is 6.07 Å². The van der Waals surface area contributed by atoms with Gasteiger partial charge in [-0.05, 0) is 30.0 Å². The first-order valence-corrected chi connectivity index (χ1v) is 5.93. The zero-order valence-electron chi connectivity index (χ0n) is 10.7. The summed E-state index contributed by atoms with van der Waals surface area (Å²) in [4.78, 5) is 0. The summed E-state index contributed by atoms with van der Waals surface area (Å²) in [5, 5.41) is 0. The highest BCUT2D eigenvalue weighted by atomic mass is 19.1. The quantitative estimate of drug-likeness (QED) is 0.593. The molecule has 0 saturated heterocycles. The molecule has 2 atom stereocenters. The molecular formula is C13H21FN2O. The Morgan fingerprint density at radius 3 is 2.65 bits per heavy atom. The fourth-order valence-corrected chi connectivity index (χ4v) is 2.09. The second kappa shape index (κ2) is 6.57. The second-order valence-corrected chi connectivity index (χ2v) is 4.30. The topological polar surface area (TPSA) is 47.3 Å². The average molecular weight is 240 g/mol. The first-order valence-electron chi connectivity index (χ1n) is 5.93. The molecule has 0 heterocycles. The zero-order valence-corrected chi connectivity index (χ0v) is 10.7. The Morgan fingerprint density at radius 1 is 1.47 bits per heavy atom.